The summed E-state index contributed by atoms with van der Waals surface area (Å²) in [6, 6.07) is 0. The van der Waals surface area contributed by atoms with Gasteiger partial charge in [0, 0.05) is 58.6 Å². The van der Waals surface area contributed by atoms with E-state index in [9.17, 15) is 0 Å². The fraction of sp³-hybridized carbons (Fsp3) is 0.900. The van der Waals surface area contributed by atoms with Crippen LogP contribution >= 0.6 is 0 Å². The summed E-state index contributed by atoms with van der Waals surface area (Å²) in [5.41, 5.74) is 2.93. The molecule has 0 fully saturated rings. The summed E-state index contributed by atoms with van der Waals surface area (Å²) in [4.78, 5) is 0. The molecule has 0 heterocycles. The van der Waals surface area contributed by atoms with Crippen LogP contribution in [0.25, 0.3) is 0 Å². The van der Waals surface area contributed by atoms with Crippen molar-refractivity contribution in [1.82, 2.24) is 0 Å². The van der Waals surface area contributed by atoms with Gasteiger partial charge >= 0.3 is 0 Å². The van der Waals surface area contributed by atoms with Crippen LogP contribution < -0.4 is 0 Å². The molecule has 6 heteroatoms. The summed E-state index contributed by atoms with van der Waals surface area (Å²) in [7, 11) is -3.14. The van der Waals surface area contributed by atoms with E-state index in [0.717, 1.165) is 0 Å². The van der Waals surface area contributed by atoms with Gasteiger partial charge < -0.3 is 10.7 Å². The Morgan fingerprint density at radius 3 is 1.75 bits per heavy atom. The minimum atomic E-state index is -1.38. The van der Waals surface area contributed by atoms with Gasteiger partial charge in [-0.15, -0.1) is 0 Å². The van der Waals surface area contributed by atoms with Gasteiger partial charge in [-0.3, -0.25) is 0 Å². The summed E-state index contributed by atoms with van der Waals surface area (Å²) < 4.78 is 6.09. The van der Waals surface area contributed by atoms with Crippen LogP contribution in [0.4, 0.5) is 0 Å². The zero-order valence-electron chi connectivity index (χ0n) is 12.1. The minimum Gasteiger partial charge on any atom is -0.486 e. The van der Waals surface area contributed by atoms with E-state index in [1.165, 1.54) is 11.3 Å². The molecule has 0 aliphatic heterocycles. The Bertz CT molecular complexity index is 192. The second-order valence-corrected chi connectivity index (χ2v) is 22.0. The van der Waals surface area contributed by atoms with Crippen molar-refractivity contribution in [3.8, 4) is 0 Å². The van der Waals surface area contributed by atoms with E-state index < -0.39 is 25.4 Å². The average Bonchev–Trinajstić information content (AvgIpc) is 1.73. The molecule has 0 N–H and O–H groups in total. The Labute approximate surface area is 133 Å². The molecule has 0 aliphatic rings. The fourth-order valence-electron chi connectivity index (χ4n) is 2.20. The molecule has 0 saturated carbocycles. The largest absolute Gasteiger partial charge is 0.486 e. The van der Waals surface area contributed by atoms with Gasteiger partial charge in [0.25, 0.3) is 0 Å². The Balaban J connectivity index is 0. The first-order valence-electron chi connectivity index (χ1n) is 5.68. The third kappa shape index (κ3) is 12.4. The second kappa shape index (κ2) is 8.17. The Kier molecular flexibility index (Phi) is 10.3. The molecular formula is C10H27OSi4Y-. The Morgan fingerprint density at radius 2 is 1.44 bits per heavy atom. The molecule has 1 nitrogen and oxygen atoms in total. The first kappa shape index (κ1) is 20.3. The van der Waals surface area contributed by atoms with Crippen molar-refractivity contribution in [3.05, 3.63) is 6.55 Å². The van der Waals surface area contributed by atoms with Crippen molar-refractivity contribution >= 4 is 34.2 Å². The first-order chi connectivity index (χ1) is 6.52. The maximum absolute atomic E-state index is 6.09. The maximum Gasteiger partial charge on any atom is 0.168 e. The number of hydrogen-bond donors (Lipinski definition) is 0. The molecule has 0 aromatic heterocycles. The molecule has 0 aromatic carbocycles. The van der Waals surface area contributed by atoms with Crippen LogP contribution in [0.2, 0.25) is 57.2 Å². The van der Waals surface area contributed by atoms with Crippen molar-refractivity contribution in [2.45, 2.75) is 57.2 Å². The third-order valence-electron chi connectivity index (χ3n) is 2.01. The summed E-state index contributed by atoms with van der Waals surface area (Å²) in [5, 5.41) is 0. The molecule has 0 amide bonds. The fourth-order valence-corrected chi connectivity index (χ4v) is 21.6. The molecule has 0 aliphatic carbocycles. The summed E-state index contributed by atoms with van der Waals surface area (Å²) in [5.74, 6) is 0. The molecule has 0 bridgehead atoms. The number of rotatable bonds is 6. The monoisotopic (exact) mass is 364 g/mol. The van der Waals surface area contributed by atoms with Gasteiger partial charge in [0.1, 0.15) is 0 Å². The summed E-state index contributed by atoms with van der Waals surface area (Å²) in [6.07, 6.45) is 0. The molecule has 0 rings (SSSR count). The van der Waals surface area contributed by atoms with Crippen LogP contribution in [0.5, 0.6) is 0 Å². The zero-order chi connectivity index (χ0) is 12.3. The SMILES string of the molecule is [CH2-][Si](C)O[Si](C)(C)C[Si](C)C[Si](C)(C)C.[Y]. The van der Waals surface area contributed by atoms with Crippen LogP contribution in [0, 0.1) is 6.55 Å². The van der Waals surface area contributed by atoms with E-state index in [4.69, 9.17) is 4.12 Å². The topological polar surface area (TPSA) is 9.23 Å². The van der Waals surface area contributed by atoms with E-state index >= 15 is 0 Å². The van der Waals surface area contributed by atoms with Gasteiger partial charge in [-0.05, 0) is 18.8 Å². The van der Waals surface area contributed by atoms with Gasteiger partial charge in [0.2, 0.25) is 0 Å². The summed E-state index contributed by atoms with van der Waals surface area (Å²) in [6.45, 7) is 20.9. The van der Waals surface area contributed by atoms with E-state index in [1.54, 1.807) is 0 Å². The third-order valence-corrected chi connectivity index (χ3v) is 18.1. The van der Waals surface area contributed by atoms with Crippen molar-refractivity contribution in [2.75, 3.05) is 0 Å². The van der Waals surface area contributed by atoms with Gasteiger partial charge in [-0.2, -0.15) is 0 Å². The maximum atomic E-state index is 6.09. The molecule has 0 aromatic rings. The summed E-state index contributed by atoms with van der Waals surface area (Å²) >= 11 is 0. The van der Waals surface area contributed by atoms with Crippen molar-refractivity contribution < 1.29 is 36.8 Å². The molecular weight excluding hydrogens is 337 g/mol. The van der Waals surface area contributed by atoms with Gasteiger partial charge in [-0.25, -0.2) is 0 Å². The second-order valence-electron chi connectivity index (χ2n) is 6.44. The molecule has 16 heavy (non-hydrogen) atoms. The molecule has 0 spiro atoms. The van der Waals surface area contributed by atoms with Crippen LogP contribution in [0.15, 0.2) is 0 Å². The molecule has 93 valence electrons. The quantitative estimate of drug-likeness (QED) is 0.515. The average molecular weight is 365 g/mol. The first-order valence-corrected chi connectivity index (χ1v) is 17.0. The van der Waals surface area contributed by atoms with E-state index in [2.05, 4.69) is 52.4 Å². The normalized spacial score (nSPS) is 13.1. The van der Waals surface area contributed by atoms with E-state index in [-0.39, 0.29) is 41.5 Å². The predicted molar refractivity (Wildman–Crippen MR) is 80.1 cm³/mol. The molecule has 0 unspecified atom stereocenters. The van der Waals surface area contributed by atoms with Crippen molar-refractivity contribution in [2.24, 2.45) is 0 Å². The van der Waals surface area contributed by atoms with Gasteiger partial charge in [0.05, 0.1) is 0 Å². The van der Waals surface area contributed by atoms with Gasteiger partial charge in [-0.1, -0.05) is 38.4 Å². The van der Waals surface area contributed by atoms with Crippen LogP contribution in [-0.4, -0.2) is 34.2 Å². The molecule has 3 radical (unpaired) electrons. The van der Waals surface area contributed by atoms with E-state index in [1.807, 2.05) is 0 Å². The molecule has 0 saturated heterocycles. The van der Waals surface area contributed by atoms with Crippen LogP contribution in [0.3, 0.4) is 0 Å². The van der Waals surface area contributed by atoms with Crippen LogP contribution in [0.1, 0.15) is 0 Å². The van der Waals surface area contributed by atoms with Crippen molar-refractivity contribution in [1.29, 1.82) is 0 Å². The minimum absolute atomic E-state index is 0. The Hall–Kier alpha value is 1.93. The van der Waals surface area contributed by atoms with Crippen LogP contribution in [-0.2, 0) is 36.8 Å². The smallest absolute Gasteiger partial charge is 0.168 e. The van der Waals surface area contributed by atoms with Crippen molar-refractivity contribution in [3.63, 3.8) is 0 Å². The zero-order valence-corrected chi connectivity index (χ0v) is 18.9. The molecule has 0 atom stereocenters. The predicted octanol–water partition coefficient (Wildman–Crippen LogP) is 3.74. The Morgan fingerprint density at radius 1 is 1.00 bits per heavy atom. The van der Waals surface area contributed by atoms with E-state index in [0.29, 0.717) is 0 Å². The van der Waals surface area contributed by atoms with Gasteiger partial charge in [0.15, 0.2) is 8.32 Å². The number of hydrogen-bond acceptors (Lipinski definition) is 1. The standard InChI is InChI=1S/C10H27OSi4.Y/c1-12(2)11-15(7,8)10-13(3)9-14(4,5)6;/h1,9-10H2,2-8H3;/q-1;.